The minimum Gasteiger partial charge on any atom is -0.494 e. The highest BCUT2D eigenvalue weighted by molar-refractivity contribution is 9.10. The second-order valence-corrected chi connectivity index (χ2v) is 10.6. The molecule has 180 valence electrons. The maximum absolute atomic E-state index is 13.2. The van der Waals surface area contributed by atoms with Crippen LogP contribution in [0.15, 0.2) is 82.2 Å². The molecule has 8 heteroatoms. The topological polar surface area (TPSA) is 84.5 Å². The van der Waals surface area contributed by atoms with Crippen LogP contribution in [0.2, 0.25) is 0 Å². The first-order valence-electron chi connectivity index (χ1n) is 11.0. The van der Waals surface area contributed by atoms with Crippen LogP contribution in [0.25, 0.3) is 0 Å². The molecule has 0 aliphatic heterocycles. The van der Waals surface area contributed by atoms with Crippen molar-refractivity contribution in [2.75, 3.05) is 6.61 Å². The number of hydrogen-bond acceptors (Lipinski definition) is 4. The molecule has 0 aliphatic carbocycles. The number of amides is 1. The molecule has 6 nitrogen and oxygen atoms in total. The smallest absolute Gasteiger partial charge is 0.241 e. The summed E-state index contributed by atoms with van der Waals surface area (Å²) in [7, 11) is -3.96. The molecule has 0 radical (unpaired) electrons. The van der Waals surface area contributed by atoms with Crippen LogP contribution < -0.4 is 14.8 Å². The summed E-state index contributed by atoms with van der Waals surface area (Å²) in [4.78, 5) is 13.3. The van der Waals surface area contributed by atoms with Gasteiger partial charge in [-0.1, -0.05) is 58.4 Å². The fourth-order valence-corrected chi connectivity index (χ4v) is 5.09. The van der Waals surface area contributed by atoms with E-state index in [1.54, 1.807) is 19.1 Å². The lowest BCUT2D eigenvalue weighted by molar-refractivity contribution is -0.123. The van der Waals surface area contributed by atoms with Crippen molar-refractivity contribution in [2.24, 2.45) is 0 Å². The number of halogens is 1. The van der Waals surface area contributed by atoms with Gasteiger partial charge in [-0.3, -0.25) is 4.79 Å². The lowest BCUT2D eigenvalue weighted by Crippen LogP contribution is -2.48. The van der Waals surface area contributed by atoms with Crippen LogP contribution in [0.4, 0.5) is 0 Å². The van der Waals surface area contributed by atoms with Gasteiger partial charge in [0.05, 0.1) is 17.5 Å². The van der Waals surface area contributed by atoms with Gasteiger partial charge in [-0.05, 0) is 74.2 Å². The van der Waals surface area contributed by atoms with Gasteiger partial charge in [0.2, 0.25) is 15.9 Å². The summed E-state index contributed by atoms with van der Waals surface area (Å²) < 4.78 is 35.5. The minimum absolute atomic E-state index is 0.0836. The number of nitrogens with one attached hydrogen (secondary N) is 2. The zero-order valence-corrected chi connectivity index (χ0v) is 21.8. The molecule has 3 aromatic rings. The van der Waals surface area contributed by atoms with Crippen LogP contribution in [0.1, 0.15) is 36.6 Å². The summed E-state index contributed by atoms with van der Waals surface area (Å²) >= 11 is 3.41. The molecular formula is C26H29BrN2O4S. The summed E-state index contributed by atoms with van der Waals surface area (Å²) in [6.45, 7) is 6.01. The van der Waals surface area contributed by atoms with Gasteiger partial charge in [0.1, 0.15) is 11.8 Å². The maximum Gasteiger partial charge on any atom is 0.241 e. The SMILES string of the molecule is CCOc1ccc(S(=O)(=O)N[C@H](Cc2ccccc2)C(=O)N[C@@H](C)c2ccc(Br)cc2)cc1C. The molecule has 0 bridgehead atoms. The van der Waals surface area contributed by atoms with Gasteiger partial charge in [-0.15, -0.1) is 0 Å². The number of aryl methyl sites for hydroxylation is 1. The third-order valence-electron chi connectivity index (χ3n) is 5.38. The third kappa shape index (κ3) is 6.91. The van der Waals surface area contributed by atoms with Crippen LogP contribution >= 0.6 is 15.9 Å². The lowest BCUT2D eigenvalue weighted by atomic mass is 10.0. The number of carbonyl (C=O) groups is 1. The predicted molar refractivity (Wildman–Crippen MR) is 137 cm³/mol. The van der Waals surface area contributed by atoms with Crippen molar-refractivity contribution >= 4 is 31.9 Å². The Hall–Kier alpha value is -2.68. The standard InChI is InChI=1S/C26H29BrN2O4S/c1-4-33-25-15-14-23(16-18(25)2)34(31,32)29-24(17-20-8-6-5-7-9-20)26(30)28-19(3)21-10-12-22(27)13-11-21/h5-16,19,24,29H,4,17H2,1-3H3,(H,28,30)/t19-,24+/m0/s1. The van der Waals surface area contributed by atoms with Crippen molar-refractivity contribution in [2.45, 2.75) is 44.2 Å². The monoisotopic (exact) mass is 544 g/mol. The Morgan fingerprint density at radius 3 is 2.32 bits per heavy atom. The van der Waals surface area contributed by atoms with E-state index in [9.17, 15) is 13.2 Å². The maximum atomic E-state index is 13.2. The highest BCUT2D eigenvalue weighted by atomic mass is 79.9. The Morgan fingerprint density at radius 1 is 1.03 bits per heavy atom. The zero-order valence-electron chi connectivity index (χ0n) is 19.4. The van der Waals surface area contributed by atoms with Crippen molar-refractivity contribution in [3.05, 3.63) is 94.0 Å². The highest BCUT2D eigenvalue weighted by Crippen LogP contribution is 2.22. The summed E-state index contributed by atoms with van der Waals surface area (Å²) in [5.74, 6) is 0.230. The highest BCUT2D eigenvalue weighted by Gasteiger charge is 2.27. The quantitative estimate of drug-likeness (QED) is 0.379. The van der Waals surface area contributed by atoms with Gasteiger partial charge in [-0.25, -0.2) is 8.42 Å². The van der Waals surface area contributed by atoms with Crippen molar-refractivity contribution in [1.82, 2.24) is 10.0 Å². The van der Waals surface area contributed by atoms with E-state index in [4.69, 9.17) is 4.74 Å². The second-order valence-electron chi connectivity index (χ2n) is 8.01. The van der Waals surface area contributed by atoms with Crippen molar-refractivity contribution in [3.63, 3.8) is 0 Å². The molecule has 0 heterocycles. The molecule has 0 saturated heterocycles. The molecule has 3 aromatic carbocycles. The van der Waals surface area contributed by atoms with Crippen LogP contribution in [0.3, 0.4) is 0 Å². The molecule has 2 N–H and O–H groups in total. The number of hydrogen-bond donors (Lipinski definition) is 2. The van der Waals surface area contributed by atoms with E-state index in [1.165, 1.54) is 6.07 Å². The lowest BCUT2D eigenvalue weighted by Gasteiger charge is -2.22. The van der Waals surface area contributed by atoms with E-state index in [2.05, 4.69) is 26.0 Å². The fourth-order valence-electron chi connectivity index (χ4n) is 3.55. The first-order valence-corrected chi connectivity index (χ1v) is 13.3. The van der Waals surface area contributed by atoms with Gasteiger partial charge in [0.25, 0.3) is 0 Å². The number of rotatable bonds is 10. The van der Waals surface area contributed by atoms with Crippen LogP contribution in [0, 0.1) is 6.92 Å². The van der Waals surface area contributed by atoms with Crippen LogP contribution in [-0.2, 0) is 21.2 Å². The van der Waals surface area contributed by atoms with E-state index < -0.39 is 22.0 Å². The molecule has 0 spiro atoms. The van der Waals surface area contributed by atoms with Crippen molar-refractivity contribution in [1.29, 1.82) is 0 Å². The molecule has 34 heavy (non-hydrogen) atoms. The van der Waals surface area contributed by atoms with Gasteiger partial charge < -0.3 is 10.1 Å². The molecule has 1 amide bonds. The van der Waals surface area contributed by atoms with Gasteiger partial charge >= 0.3 is 0 Å². The Morgan fingerprint density at radius 2 is 1.71 bits per heavy atom. The first kappa shape index (κ1) is 25.9. The van der Waals surface area contributed by atoms with E-state index in [0.717, 1.165) is 15.6 Å². The molecular weight excluding hydrogens is 516 g/mol. The van der Waals surface area contributed by atoms with Crippen LogP contribution in [-0.4, -0.2) is 27.0 Å². The summed E-state index contributed by atoms with van der Waals surface area (Å²) in [6.07, 6.45) is 0.217. The average Bonchev–Trinajstić information content (AvgIpc) is 2.81. The van der Waals surface area contributed by atoms with Gasteiger partial charge in [-0.2, -0.15) is 4.72 Å². The van der Waals surface area contributed by atoms with E-state index in [0.29, 0.717) is 17.9 Å². The third-order valence-corrected chi connectivity index (χ3v) is 7.38. The minimum atomic E-state index is -3.96. The normalized spacial score (nSPS) is 13.2. The summed E-state index contributed by atoms with van der Waals surface area (Å²) in [6, 6.07) is 20.3. The molecule has 0 saturated carbocycles. The number of sulfonamides is 1. The summed E-state index contributed by atoms with van der Waals surface area (Å²) in [5, 5.41) is 2.95. The number of ether oxygens (including phenoxy) is 1. The first-order chi connectivity index (χ1) is 16.2. The molecule has 0 unspecified atom stereocenters. The zero-order chi connectivity index (χ0) is 24.7. The Labute approximate surface area is 209 Å². The van der Waals surface area contributed by atoms with E-state index in [-0.39, 0.29) is 17.4 Å². The van der Waals surface area contributed by atoms with Gasteiger partial charge in [0, 0.05) is 4.47 Å². The Bertz CT molecular complexity index is 1220. The van der Waals surface area contributed by atoms with Crippen molar-refractivity contribution < 1.29 is 17.9 Å². The molecule has 3 rings (SSSR count). The Balaban J connectivity index is 1.84. The van der Waals surface area contributed by atoms with Crippen molar-refractivity contribution in [3.8, 4) is 5.75 Å². The molecule has 0 fully saturated rings. The van der Waals surface area contributed by atoms with Crippen LogP contribution in [0.5, 0.6) is 5.75 Å². The number of carbonyl (C=O) groups excluding carboxylic acids is 1. The molecule has 2 atom stereocenters. The molecule has 0 aliphatic rings. The number of benzene rings is 3. The Kier molecular flexibility index (Phi) is 8.88. The summed E-state index contributed by atoms with van der Waals surface area (Å²) in [5.41, 5.74) is 2.47. The van der Waals surface area contributed by atoms with E-state index in [1.807, 2.05) is 68.4 Å². The average molecular weight is 545 g/mol. The molecule has 0 aromatic heterocycles. The van der Waals surface area contributed by atoms with E-state index >= 15 is 0 Å². The second kappa shape index (κ2) is 11.6. The van der Waals surface area contributed by atoms with Gasteiger partial charge in [0.15, 0.2) is 0 Å². The predicted octanol–water partition coefficient (Wildman–Crippen LogP) is 4.92. The largest absolute Gasteiger partial charge is 0.494 e. The fraction of sp³-hybridized carbons (Fsp3) is 0.269.